The lowest BCUT2D eigenvalue weighted by Crippen LogP contribution is -2.07. The van der Waals surface area contributed by atoms with Crippen molar-refractivity contribution >= 4 is 11.5 Å². The molecule has 0 aromatic carbocycles. The molecule has 0 fully saturated rings. The molecule has 0 aliphatic rings. The number of terminal acetylenes is 1. The molecule has 0 saturated heterocycles. The van der Waals surface area contributed by atoms with Crippen LogP contribution in [0.1, 0.15) is 25.0 Å². The van der Waals surface area contributed by atoms with Crippen LogP contribution in [0.4, 0.5) is 11.5 Å². The monoisotopic (exact) mass is 236 g/mol. The van der Waals surface area contributed by atoms with Gasteiger partial charge in [-0.05, 0) is 19.8 Å². The highest BCUT2D eigenvalue weighted by atomic mass is 16.6. The topological polar surface area (TPSA) is 73.0 Å². The summed E-state index contributed by atoms with van der Waals surface area (Å²) in [5.74, 6) is 3.01. The normalized spacial score (nSPS) is 9.94. The molecule has 1 aromatic heterocycles. The molecular weight excluding hydrogens is 220 g/mol. The Bertz CT molecular complexity index is 445. The molecule has 0 spiro atoms. The summed E-state index contributed by atoms with van der Waals surface area (Å²) in [6.45, 7) is 2.28. The van der Waals surface area contributed by atoms with Gasteiger partial charge in [0, 0.05) is 20.0 Å². The van der Waals surface area contributed by atoms with Gasteiger partial charge in [0.2, 0.25) is 5.82 Å². The first-order valence-electron chi connectivity index (χ1n) is 5.43. The zero-order valence-corrected chi connectivity index (χ0v) is 10.1. The number of hydrogen-bond acceptors (Lipinski definition) is 4. The Labute approximate surface area is 100 Å². The molecule has 0 bridgehead atoms. The average molecular weight is 236 g/mol. The first-order valence-corrected chi connectivity index (χ1v) is 5.43. The van der Waals surface area contributed by atoms with E-state index in [1.54, 1.807) is 14.0 Å². The standard InChI is InChI=1S/C11H16N4O2/c1-4-5-6-7-8-12-11-10(15(16)17)9(2)13-14(11)3/h1,12H,5-8H2,2-3H3. The van der Waals surface area contributed by atoms with Crippen molar-refractivity contribution in [1.82, 2.24) is 9.78 Å². The zero-order valence-electron chi connectivity index (χ0n) is 10.1. The molecule has 0 saturated carbocycles. The van der Waals surface area contributed by atoms with Crippen LogP contribution < -0.4 is 5.32 Å². The molecule has 1 aromatic rings. The number of nitrogens with one attached hydrogen (secondary N) is 1. The maximum Gasteiger partial charge on any atom is 0.333 e. The first kappa shape index (κ1) is 13.0. The van der Waals surface area contributed by atoms with Crippen molar-refractivity contribution in [2.75, 3.05) is 11.9 Å². The molecule has 0 atom stereocenters. The lowest BCUT2D eigenvalue weighted by atomic mass is 10.2. The molecule has 0 aliphatic carbocycles. The van der Waals surface area contributed by atoms with Gasteiger partial charge in [0.1, 0.15) is 5.69 Å². The van der Waals surface area contributed by atoms with Crippen LogP contribution in [0.5, 0.6) is 0 Å². The predicted molar refractivity (Wildman–Crippen MR) is 65.8 cm³/mol. The Hall–Kier alpha value is -2.03. The van der Waals surface area contributed by atoms with E-state index in [-0.39, 0.29) is 5.69 Å². The van der Waals surface area contributed by atoms with E-state index < -0.39 is 4.92 Å². The third-order valence-corrected chi connectivity index (χ3v) is 2.41. The number of hydrogen-bond donors (Lipinski definition) is 1. The Kier molecular flexibility index (Phi) is 4.52. The van der Waals surface area contributed by atoms with Gasteiger partial charge in [0.05, 0.1) is 4.92 Å². The van der Waals surface area contributed by atoms with Gasteiger partial charge in [-0.3, -0.25) is 10.1 Å². The van der Waals surface area contributed by atoms with Crippen LogP contribution in [-0.4, -0.2) is 21.2 Å². The van der Waals surface area contributed by atoms with Crippen molar-refractivity contribution in [3.8, 4) is 12.3 Å². The van der Waals surface area contributed by atoms with Gasteiger partial charge in [-0.15, -0.1) is 12.3 Å². The smallest absolute Gasteiger partial charge is 0.333 e. The fraction of sp³-hybridized carbons (Fsp3) is 0.545. The van der Waals surface area contributed by atoms with E-state index in [0.29, 0.717) is 18.1 Å². The van der Waals surface area contributed by atoms with Crippen molar-refractivity contribution in [3.63, 3.8) is 0 Å². The first-order chi connectivity index (χ1) is 8.07. The van der Waals surface area contributed by atoms with Gasteiger partial charge < -0.3 is 5.32 Å². The lowest BCUT2D eigenvalue weighted by molar-refractivity contribution is -0.384. The SMILES string of the molecule is C#CCCCCNc1c([N+](=O)[O-])c(C)nn1C. The summed E-state index contributed by atoms with van der Waals surface area (Å²) in [6, 6.07) is 0. The molecule has 0 amide bonds. The number of aryl methyl sites for hydroxylation is 2. The minimum atomic E-state index is -0.411. The number of aromatic nitrogens is 2. The van der Waals surface area contributed by atoms with E-state index in [1.165, 1.54) is 4.68 Å². The Morgan fingerprint density at radius 2 is 2.29 bits per heavy atom. The van der Waals surface area contributed by atoms with Crippen LogP contribution in [0.25, 0.3) is 0 Å². The van der Waals surface area contributed by atoms with Crippen molar-refractivity contribution in [2.24, 2.45) is 7.05 Å². The summed E-state index contributed by atoms with van der Waals surface area (Å²) in [7, 11) is 1.68. The maximum absolute atomic E-state index is 10.9. The summed E-state index contributed by atoms with van der Waals surface area (Å²) < 4.78 is 1.49. The van der Waals surface area contributed by atoms with Gasteiger partial charge in [-0.25, -0.2) is 4.68 Å². The molecule has 1 rings (SSSR count). The van der Waals surface area contributed by atoms with E-state index in [9.17, 15) is 10.1 Å². The summed E-state index contributed by atoms with van der Waals surface area (Å²) in [5, 5.41) is 17.9. The quantitative estimate of drug-likeness (QED) is 0.354. The third kappa shape index (κ3) is 3.21. The highest BCUT2D eigenvalue weighted by molar-refractivity contribution is 5.59. The van der Waals surface area contributed by atoms with Crippen LogP contribution in [0, 0.1) is 29.4 Å². The number of anilines is 1. The fourth-order valence-corrected chi connectivity index (χ4v) is 1.62. The average Bonchev–Trinajstić information content (AvgIpc) is 2.53. The summed E-state index contributed by atoms with van der Waals surface area (Å²) >= 11 is 0. The van der Waals surface area contributed by atoms with E-state index >= 15 is 0 Å². The van der Waals surface area contributed by atoms with Gasteiger partial charge in [0.15, 0.2) is 0 Å². The van der Waals surface area contributed by atoms with Crippen LogP contribution in [0.15, 0.2) is 0 Å². The molecular formula is C11H16N4O2. The third-order valence-electron chi connectivity index (χ3n) is 2.41. The number of rotatable bonds is 6. The molecule has 17 heavy (non-hydrogen) atoms. The van der Waals surface area contributed by atoms with Crippen LogP contribution in [-0.2, 0) is 7.05 Å². The molecule has 6 nitrogen and oxygen atoms in total. The summed E-state index contributed by atoms with van der Waals surface area (Å²) in [6.07, 6.45) is 7.66. The number of unbranched alkanes of at least 4 members (excludes halogenated alkanes) is 2. The Balaban J connectivity index is 2.64. The molecule has 92 valence electrons. The second kappa shape index (κ2) is 5.89. The van der Waals surface area contributed by atoms with Crippen molar-refractivity contribution in [2.45, 2.75) is 26.2 Å². The highest BCUT2D eigenvalue weighted by Crippen LogP contribution is 2.27. The molecule has 0 radical (unpaired) electrons. The second-order valence-corrected chi connectivity index (χ2v) is 3.75. The van der Waals surface area contributed by atoms with Crippen LogP contribution in [0.2, 0.25) is 0 Å². The lowest BCUT2D eigenvalue weighted by Gasteiger charge is -2.04. The van der Waals surface area contributed by atoms with Crippen LogP contribution >= 0.6 is 0 Å². The minimum absolute atomic E-state index is 0.0458. The summed E-state index contributed by atoms with van der Waals surface area (Å²) in [4.78, 5) is 10.5. The van der Waals surface area contributed by atoms with Crippen molar-refractivity contribution in [3.05, 3.63) is 15.8 Å². The predicted octanol–water partition coefficient (Wildman–Crippen LogP) is 1.85. The maximum atomic E-state index is 10.9. The highest BCUT2D eigenvalue weighted by Gasteiger charge is 2.23. The summed E-state index contributed by atoms with van der Waals surface area (Å²) in [5.41, 5.74) is 0.466. The van der Waals surface area contributed by atoms with Gasteiger partial charge in [0.25, 0.3) is 0 Å². The Morgan fingerprint density at radius 3 is 2.88 bits per heavy atom. The zero-order chi connectivity index (χ0) is 12.8. The van der Waals surface area contributed by atoms with E-state index in [2.05, 4.69) is 16.3 Å². The molecule has 0 unspecified atom stereocenters. The molecule has 1 N–H and O–H groups in total. The van der Waals surface area contributed by atoms with Gasteiger partial charge in [-0.1, -0.05) is 0 Å². The minimum Gasteiger partial charge on any atom is -0.365 e. The van der Waals surface area contributed by atoms with Crippen LogP contribution in [0.3, 0.4) is 0 Å². The molecule has 1 heterocycles. The largest absolute Gasteiger partial charge is 0.365 e. The van der Waals surface area contributed by atoms with Gasteiger partial charge in [-0.2, -0.15) is 5.10 Å². The molecule has 0 aliphatic heterocycles. The van der Waals surface area contributed by atoms with Gasteiger partial charge >= 0.3 is 5.69 Å². The number of nitrogens with zero attached hydrogens (tertiary/aromatic N) is 3. The number of nitro groups is 1. The van der Waals surface area contributed by atoms with E-state index in [0.717, 1.165) is 19.3 Å². The fourth-order valence-electron chi connectivity index (χ4n) is 1.62. The van der Waals surface area contributed by atoms with Crippen molar-refractivity contribution in [1.29, 1.82) is 0 Å². The van der Waals surface area contributed by atoms with E-state index in [1.807, 2.05) is 0 Å². The molecule has 6 heteroatoms. The van der Waals surface area contributed by atoms with E-state index in [4.69, 9.17) is 6.42 Å². The van der Waals surface area contributed by atoms with Crippen molar-refractivity contribution < 1.29 is 4.92 Å². The second-order valence-electron chi connectivity index (χ2n) is 3.75. The Morgan fingerprint density at radius 1 is 1.59 bits per heavy atom.